The van der Waals surface area contributed by atoms with Crippen molar-refractivity contribution in [3.63, 3.8) is 0 Å². The summed E-state index contributed by atoms with van der Waals surface area (Å²) in [6.07, 6.45) is 0.530. The number of carbonyl (C=O) groups excluding carboxylic acids is 2. The minimum absolute atomic E-state index is 0.00766. The molecule has 0 saturated carbocycles. The van der Waals surface area contributed by atoms with Crippen LogP contribution in [0.5, 0.6) is 11.5 Å². The molecular weight excluding hydrogens is 382 g/mol. The van der Waals surface area contributed by atoms with E-state index in [0.717, 1.165) is 39.3 Å². The average molecular weight is 403 g/mol. The van der Waals surface area contributed by atoms with Gasteiger partial charge in [-0.25, -0.2) is 0 Å². The van der Waals surface area contributed by atoms with Gasteiger partial charge in [0.1, 0.15) is 19.3 Å². The summed E-state index contributed by atoms with van der Waals surface area (Å²) in [6, 6.07) is 13.7. The summed E-state index contributed by atoms with van der Waals surface area (Å²) in [7, 11) is 1.70. The summed E-state index contributed by atoms with van der Waals surface area (Å²) < 4.78 is 13.7. The summed E-state index contributed by atoms with van der Waals surface area (Å²) in [5, 5.41) is 1.12. The molecule has 7 nitrogen and oxygen atoms in total. The van der Waals surface area contributed by atoms with E-state index in [0.29, 0.717) is 26.2 Å². The summed E-state index contributed by atoms with van der Waals surface area (Å²) in [5.41, 5.74) is 4.21. The summed E-state index contributed by atoms with van der Waals surface area (Å²) in [5.74, 6) is 1.48. The molecule has 0 N–H and O–H groups in total. The topological polar surface area (TPSA) is 64.0 Å². The van der Waals surface area contributed by atoms with Crippen molar-refractivity contribution in [1.29, 1.82) is 0 Å². The van der Waals surface area contributed by atoms with Crippen molar-refractivity contribution in [2.75, 3.05) is 26.8 Å². The second kappa shape index (κ2) is 6.26. The number of hydrogen-bond donors (Lipinski definition) is 0. The number of ether oxygens (including phenoxy) is 2. The van der Waals surface area contributed by atoms with Crippen LogP contribution in [0, 0.1) is 0 Å². The van der Waals surface area contributed by atoms with Crippen LogP contribution in [0.25, 0.3) is 16.6 Å². The van der Waals surface area contributed by atoms with Crippen LogP contribution in [-0.4, -0.2) is 59.0 Å². The van der Waals surface area contributed by atoms with Gasteiger partial charge in [-0.15, -0.1) is 0 Å². The van der Waals surface area contributed by atoms with E-state index in [2.05, 4.69) is 16.7 Å². The standard InChI is InChI=1S/C23H21N3O4/c1-24-13-22(27)25-12-19-16(11-18(25)23(24)28)15-4-2-3-5-17(15)26(19)14-6-7-20-21(10-14)30-9-8-29-20/h2-7,10,18H,8-9,11-13H2,1H3. The Morgan fingerprint density at radius 1 is 0.967 bits per heavy atom. The zero-order chi connectivity index (χ0) is 20.4. The molecule has 1 fully saturated rings. The van der Waals surface area contributed by atoms with Crippen molar-refractivity contribution in [3.8, 4) is 17.2 Å². The number of benzene rings is 2. The van der Waals surface area contributed by atoms with Crippen LogP contribution in [-0.2, 0) is 22.6 Å². The number of fused-ring (bicyclic) bond motifs is 5. The number of hydrogen-bond acceptors (Lipinski definition) is 4. The first-order valence-corrected chi connectivity index (χ1v) is 10.2. The molecule has 1 unspecified atom stereocenters. The van der Waals surface area contributed by atoms with E-state index in [1.165, 1.54) is 4.90 Å². The lowest BCUT2D eigenvalue weighted by atomic mass is 9.94. The fourth-order valence-corrected chi connectivity index (χ4v) is 4.90. The smallest absolute Gasteiger partial charge is 0.245 e. The molecule has 1 saturated heterocycles. The van der Waals surface area contributed by atoms with Crippen LogP contribution >= 0.6 is 0 Å². The van der Waals surface area contributed by atoms with E-state index in [1.807, 2.05) is 30.3 Å². The van der Waals surface area contributed by atoms with Crippen LogP contribution < -0.4 is 9.47 Å². The molecular formula is C23H21N3O4. The number of piperazine rings is 1. The predicted octanol–water partition coefficient (Wildman–Crippen LogP) is 2.13. The van der Waals surface area contributed by atoms with E-state index in [1.54, 1.807) is 11.9 Å². The predicted molar refractivity (Wildman–Crippen MR) is 110 cm³/mol. The number of nitrogens with zero attached hydrogens (tertiary/aromatic N) is 3. The second-order valence-corrected chi connectivity index (χ2v) is 8.04. The summed E-state index contributed by atoms with van der Waals surface area (Å²) in [4.78, 5) is 28.8. The maximum Gasteiger partial charge on any atom is 0.245 e. The fraction of sp³-hybridized carbons (Fsp3) is 0.304. The largest absolute Gasteiger partial charge is 0.486 e. The molecule has 2 aromatic carbocycles. The third-order valence-electron chi connectivity index (χ3n) is 6.32. The van der Waals surface area contributed by atoms with Gasteiger partial charge in [-0.05, 0) is 23.8 Å². The van der Waals surface area contributed by atoms with Crippen LogP contribution in [0.4, 0.5) is 0 Å². The zero-order valence-electron chi connectivity index (χ0n) is 16.6. The minimum Gasteiger partial charge on any atom is -0.486 e. The van der Waals surface area contributed by atoms with Crippen molar-refractivity contribution < 1.29 is 19.1 Å². The summed E-state index contributed by atoms with van der Waals surface area (Å²) in [6.45, 7) is 1.63. The van der Waals surface area contributed by atoms with Gasteiger partial charge in [0.25, 0.3) is 0 Å². The Balaban J connectivity index is 1.55. The van der Waals surface area contributed by atoms with E-state index >= 15 is 0 Å². The van der Waals surface area contributed by atoms with Crippen molar-refractivity contribution in [1.82, 2.24) is 14.4 Å². The first-order valence-electron chi connectivity index (χ1n) is 10.2. The molecule has 6 rings (SSSR count). The number of carbonyl (C=O) groups is 2. The molecule has 2 amide bonds. The van der Waals surface area contributed by atoms with Gasteiger partial charge in [-0.3, -0.25) is 9.59 Å². The zero-order valence-corrected chi connectivity index (χ0v) is 16.6. The quantitative estimate of drug-likeness (QED) is 0.625. The monoisotopic (exact) mass is 403 g/mol. The fourth-order valence-electron chi connectivity index (χ4n) is 4.90. The summed E-state index contributed by atoms with van der Waals surface area (Å²) >= 11 is 0. The van der Waals surface area contributed by atoms with Crippen molar-refractivity contribution in [2.24, 2.45) is 0 Å². The maximum atomic E-state index is 12.8. The van der Waals surface area contributed by atoms with Crippen LogP contribution in [0.1, 0.15) is 11.3 Å². The Labute approximate surface area is 173 Å². The Morgan fingerprint density at radius 2 is 1.77 bits per heavy atom. The van der Waals surface area contributed by atoms with E-state index in [-0.39, 0.29) is 18.4 Å². The maximum absolute atomic E-state index is 12.8. The lowest BCUT2D eigenvalue weighted by Crippen LogP contribution is -2.60. The van der Waals surface area contributed by atoms with Crippen LogP contribution in [0.2, 0.25) is 0 Å². The van der Waals surface area contributed by atoms with E-state index in [4.69, 9.17) is 9.47 Å². The molecule has 0 bridgehead atoms. The van der Waals surface area contributed by atoms with Gasteiger partial charge in [0.2, 0.25) is 11.8 Å². The molecule has 3 aromatic rings. The third-order valence-corrected chi connectivity index (χ3v) is 6.32. The SMILES string of the molecule is CN1CC(=O)N2Cc3c(c4ccccc4n3-c3ccc4c(c3)OCCO4)CC2C1=O. The van der Waals surface area contributed by atoms with Gasteiger partial charge in [0, 0.05) is 36.3 Å². The first kappa shape index (κ1) is 17.4. The van der Waals surface area contributed by atoms with Gasteiger partial charge < -0.3 is 23.8 Å². The van der Waals surface area contributed by atoms with Gasteiger partial charge in [0.05, 0.1) is 18.6 Å². The molecule has 0 radical (unpaired) electrons. The molecule has 4 heterocycles. The highest BCUT2D eigenvalue weighted by atomic mass is 16.6. The van der Waals surface area contributed by atoms with Gasteiger partial charge in [-0.2, -0.15) is 0 Å². The minimum atomic E-state index is -0.428. The van der Waals surface area contributed by atoms with Crippen molar-refractivity contribution >= 4 is 22.7 Å². The number of aromatic nitrogens is 1. The number of amides is 2. The highest BCUT2D eigenvalue weighted by Crippen LogP contribution is 2.39. The molecule has 1 atom stereocenters. The second-order valence-electron chi connectivity index (χ2n) is 8.04. The molecule has 0 spiro atoms. The van der Waals surface area contributed by atoms with Crippen LogP contribution in [0.3, 0.4) is 0 Å². The molecule has 1 aromatic heterocycles. The Bertz CT molecular complexity index is 1210. The normalized spacial score (nSPS) is 20.4. The van der Waals surface area contributed by atoms with Gasteiger partial charge >= 0.3 is 0 Å². The molecule has 0 aliphatic carbocycles. The third kappa shape index (κ3) is 2.38. The Morgan fingerprint density at radius 3 is 2.63 bits per heavy atom. The van der Waals surface area contributed by atoms with E-state index < -0.39 is 6.04 Å². The van der Waals surface area contributed by atoms with Crippen LogP contribution in [0.15, 0.2) is 42.5 Å². The number of rotatable bonds is 1. The average Bonchev–Trinajstić information content (AvgIpc) is 3.10. The Hall–Kier alpha value is -3.48. The molecule has 3 aliphatic heterocycles. The molecule has 7 heteroatoms. The number of para-hydroxylation sites is 1. The highest BCUT2D eigenvalue weighted by molar-refractivity contribution is 5.97. The van der Waals surface area contributed by atoms with Gasteiger partial charge in [-0.1, -0.05) is 18.2 Å². The first-order chi connectivity index (χ1) is 14.6. The Kier molecular flexibility index (Phi) is 3.63. The lowest BCUT2D eigenvalue weighted by molar-refractivity contribution is -0.155. The van der Waals surface area contributed by atoms with Gasteiger partial charge in [0.15, 0.2) is 11.5 Å². The lowest BCUT2D eigenvalue weighted by Gasteiger charge is -2.41. The number of likely N-dealkylation sites (N-methyl/N-ethyl adjacent to an activating group) is 1. The van der Waals surface area contributed by atoms with Crippen molar-refractivity contribution in [3.05, 3.63) is 53.7 Å². The van der Waals surface area contributed by atoms with E-state index in [9.17, 15) is 9.59 Å². The highest BCUT2D eigenvalue weighted by Gasteiger charge is 2.42. The molecule has 30 heavy (non-hydrogen) atoms. The molecule has 3 aliphatic rings. The van der Waals surface area contributed by atoms with Crippen molar-refractivity contribution in [2.45, 2.75) is 19.0 Å². The molecule has 152 valence electrons.